The second-order valence-corrected chi connectivity index (χ2v) is 9.25. The van der Waals surface area contributed by atoms with Crippen molar-refractivity contribution in [2.24, 2.45) is 0 Å². The average molecular weight is 394 g/mol. The van der Waals surface area contributed by atoms with Gasteiger partial charge in [0, 0.05) is 33.5 Å². The van der Waals surface area contributed by atoms with Gasteiger partial charge in [0.15, 0.2) is 0 Å². The summed E-state index contributed by atoms with van der Waals surface area (Å²) in [5.74, 6) is 0.941. The van der Waals surface area contributed by atoms with E-state index in [9.17, 15) is 4.79 Å². The fourth-order valence-corrected chi connectivity index (χ4v) is 4.78. The first kappa shape index (κ1) is 18.6. The van der Waals surface area contributed by atoms with Crippen molar-refractivity contribution >= 4 is 40.9 Å². The lowest BCUT2D eigenvalue weighted by Crippen LogP contribution is -2.30. The number of carbonyl (C=O) groups is 1. The quantitative estimate of drug-likeness (QED) is 0.606. The summed E-state index contributed by atoms with van der Waals surface area (Å²) in [6.07, 6.45) is 0. The third-order valence-electron chi connectivity index (χ3n) is 4.38. The first-order valence-corrected chi connectivity index (χ1v) is 10.1. The predicted octanol–water partition coefficient (Wildman–Crippen LogP) is 6.18. The van der Waals surface area contributed by atoms with Gasteiger partial charge in [0.05, 0.1) is 0 Å². The van der Waals surface area contributed by atoms with Crippen LogP contribution in [-0.4, -0.2) is 23.1 Å². The van der Waals surface area contributed by atoms with Gasteiger partial charge in [-0.3, -0.25) is 4.79 Å². The molecule has 1 aliphatic rings. The van der Waals surface area contributed by atoms with Crippen molar-refractivity contribution < 1.29 is 4.79 Å². The molecule has 0 aliphatic carbocycles. The number of carbonyl (C=O) groups excluding carboxylic acids is 1. The highest BCUT2D eigenvalue weighted by Crippen LogP contribution is 2.42. The maximum absolute atomic E-state index is 13.0. The van der Waals surface area contributed by atoms with Crippen LogP contribution in [0, 0.1) is 0 Å². The van der Waals surface area contributed by atoms with Crippen molar-refractivity contribution in [1.29, 1.82) is 0 Å². The molecule has 2 nitrogen and oxygen atoms in total. The molecule has 1 amide bonds. The van der Waals surface area contributed by atoms with Crippen molar-refractivity contribution in [3.05, 3.63) is 69.2 Å². The van der Waals surface area contributed by atoms with Gasteiger partial charge in [-0.1, -0.05) is 62.2 Å². The Balaban J connectivity index is 1.86. The molecule has 1 fully saturated rings. The standard InChI is InChI=1S/C20H21Cl2NOS/c1-20(2,3)14-6-4-13(5-7-14)18(24)23-10-11-25-19(23)16-9-8-15(21)12-17(16)22/h4-9,12,19H,10-11H2,1-3H3/t19-/m1/s1. The van der Waals surface area contributed by atoms with Crippen LogP contribution >= 0.6 is 35.0 Å². The van der Waals surface area contributed by atoms with Crippen molar-refractivity contribution in [3.63, 3.8) is 0 Å². The number of hydrogen-bond acceptors (Lipinski definition) is 2. The second kappa shape index (κ2) is 7.22. The van der Waals surface area contributed by atoms with Gasteiger partial charge in [0.2, 0.25) is 0 Å². The number of halogens is 2. The second-order valence-electron chi connectivity index (χ2n) is 7.21. The predicted molar refractivity (Wildman–Crippen MR) is 108 cm³/mol. The smallest absolute Gasteiger partial charge is 0.255 e. The third-order valence-corrected chi connectivity index (χ3v) is 6.18. The highest BCUT2D eigenvalue weighted by molar-refractivity contribution is 7.99. The summed E-state index contributed by atoms with van der Waals surface area (Å²) in [4.78, 5) is 14.9. The topological polar surface area (TPSA) is 20.3 Å². The summed E-state index contributed by atoms with van der Waals surface area (Å²) in [7, 11) is 0. The van der Waals surface area contributed by atoms with Crippen LogP contribution in [0.1, 0.15) is 47.6 Å². The zero-order chi connectivity index (χ0) is 18.2. The Labute approximate surface area is 163 Å². The van der Waals surface area contributed by atoms with Crippen LogP contribution in [0.3, 0.4) is 0 Å². The van der Waals surface area contributed by atoms with Gasteiger partial charge >= 0.3 is 0 Å². The van der Waals surface area contributed by atoms with E-state index in [0.717, 1.165) is 11.3 Å². The monoisotopic (exact) mass is 393 g/mol. The van der Waals surface area contributed by atoms with Crippen LogP contribution in [0.5, 0.6) is 0 Å². The normalized spacial score (nSPS) is 17.8. The van der Waals surface area contributed by atoms with Crippen LogP contribution in [0.2, 0.25) is 10.0 Å². The molecule has 0 saturated carbocycles. The van der Waals surface area contributed by atoms with E-state index in [4.69, 9.17) is 23.2 Å². The molecule has 2 aromatic rings. The van der Waals surface area contributed by atoms with Crippen LogP contribution in [0.15, 0.2) is 42.5 Å². The highest BCUT2D eigenvalue weighted by Gasteiger charge is 2.32. The molecule has 0 radical (unpaired) electrons. The summed E-state index contributed by atoms with van der Waals surface area (Å²) in [6.45, 7) is 7.21. The molecule has 1 saturated heterocycles. The van der Waals surface area contributed by atoms with Crippen molar-refractivity contribution in [2.75, 3.05) is 12.3 Å². The SMILES string of the molecule is CC(C)(C)c1ccc(C(=O)N2CCS[C@@H]2c2ccc(Cl)cc2Cl)cc1. The molecular formula is C20H21Cl2NOS. The van der Waals surface area contributed by atoms with Crippen LogP contribution < -0.4 is 0 Å². The summed E-state index contributed by atoms with van der Waals surface area (Å²) >= 11 is 14.1. The molecule has 1 aliphatic heterocycles. The number of benzene rings is 2. The van der Waals surface area contributed by atoms with Gasteiger partial charge in [0.1, 0.15) is 5.37 Å². The summed E-state index contributed by atoms with van der Waals surface area (Å²) in [5, 5.41) is 1.14. The van der Waals surface area contributed by atoms with Gasteiger partial charge in [0.25, 0.3) is 5.91 Å². The number of hydrogen-bond donors (Lipinski definition) is 0. The third kappa shape index (κ3) is 3.99. The van der Waals surface area contributed by atoms with E-state index in [0.29, 0.717) is 22.2 Å². The molecule has 0 aromatic heterocycles. The molecule has 1 heterocycles. The first-order chi connectivity index (χ1) is 11.8. The van der Waals surface area contributed by atoms with E-state index >= 15 is 0 Å². The van der Waals surface area contributed by atoms with Crippen LogP contribution in [0.25, 0.3) is 0 Å². The van der Waals surface area contributed by atoms with Crippen LogP contribution in [-0.2, 0) is 5.41 Å². The Hall–Kier alpha value is -1.16. The molecule has 0 spiro atoms. The largest absolute Gasteiger partial charge is 0.322 e. The molecule has 25 heavy (non-hydrogen) atoms. The van der Waals surface area contributed by atoms with E-state index in [-0.39, 0.29) is 16.7 Å². The van der Waals surface area contributed by atoms with Gasteiger partial charge in [-0.25, -0.2) is 0 Å². The maximum atomic E-state index is 13.0. The summed E-state index contributed by atoms with van der Waals surface area (Å²) in [6, 6.07) is 13.4. The zero-order valence-corrected chi connectivity index (χ0v) is 16.9. The Morgan fingerprint density at radius 1 is 1.12 bits per heavy atom. The Kier molecular flexibility index (Phi) is 5.38. The molecule has 2 aromatic carbocycles. The Morgan fingerprint density at radius 2 is 1.80 bits per heavy atom. The molecule has 0 N–H and O–H groups in total. The zero-order valence-electron chi connectivity index (χ0n) is 14.6. The first-order valence-electron chi connectivity index (χ1n) is 8.25. The van der Waals surface area contributed by atoms with Crippen LogP contribution in [0.4, 0.5) is 0 Å². The Morgan fingerprint density at radius 3 is 2.40 bits per heavy atom. The van der Waals surface area contributed by atoms with Crippen molar-refractivity contribution in [2.45, 2.75) is 31.6 Å². The minimum Gasteiger partial charge on any atom is -0.322 e. The fraction of sp³-hybridized carbons (Fsp3) is 0.350. The van der Waals surface area contributed by atoms with E-state index < -0.39 is 0 Å². The van der Waals surface area contributed by atoms with E-state index in [1.54, 1.807) is 17.8 Å². The minimum atomic E-state index is -0.0699. The molecule has 3 rings (SSSR count). The van der Waals surface area contributed by atoms with Gasteiger partial charge in [-0.2, -0.15) is 0 Å². The molecule has 132 valence electrons. The molecule has 1 atom stereocenters. The van der Waals surface area contributed by atoms with E-state index in [1.807, 2.05) is 41.3 Å². The van der Waals surface area contributed by atoms with Crippen molar-refractivity contribution in [3.8, 4) is 0 Å². The molecule has 0 bridgehead atoms. The highest BCUT2D eigenvalue weighted by atomic mass is 35.5. The van der Waals surface area contributed by atoms with Crippen molar-refractivity contribution in [1.82, 2.24) is 4.90 Å². The molecule has 5 heteroatoms. The lowest BCUT2D eigenvalue weighted by Gasteiger charge is -2.25. The van der Waals surface area contributed by atoms with E-state index in [2.05, 4.69) is 20.8 Å². The molecule has 0 unspecified atom stereocenters. The number of rotatable bonds is 2. The lowest BCUT2D eigenvalue weighted by molar-refractivity contribution is 0.0760. The average Bonchev–Trinajstić information content (AvgIpc) is 3.03. The number of thioether (sulfide) groups is 1. The summed E-state index contributed by atoms with van der Waals surface area (Å²) < 4.78 is 0. The lowest BCUT2D eigenvalue weighted by atomic mass is 9.86. The van der Waals surface area contributed by atoms with Gasteiger partial charge in [-0.05, 0) is 35.2 Å². The Bertz CT molecular complexity index is 783. The number of amides is 1. The minimum absolute atomic E-state index is 0.0430. The summed E-state index contributed by atoms with van der Waals surface area (Å²) in [5.41, 5.74) is 2.95. The number of nitrogens with zero attached hydrogens (tertiary/aromatic N) is 1. The maximum Gasteiger partial charge on any atom is 0.255 e. The molecular weight excluding hydrogens is 373 g/mol. The van der Waals surface area contributed by atoms with Gasteiger partial charge < -0.3 is 4.90 Å². The van der Waals surface area contributed by atoms with Gasteiger partial charge in [-0.15, -0.1) is 11.8 Å². The van der Waals surface area contributed by atoms with E-state index in [1.165, 1.54) is 5.56 Å². The fourth-order valence-electron chi connectivity index (χ4n) is 2.92.